The fraction of sp³-hybridized carbons (Fsp3) is 0.455. The molecule has 1 aromatic rings. The summed E-state index contributed by atoms with van der Waals surface area (Å²) in [5.74, 6) is -0.0788. The van der Waals surface area contributed by atoms with Gasteiger partial charge in [-0.15, -0.1) is 0 Å². The van der Waals surface area contributed by atoms with Crippen molar-refractivity contribution in [2.45, 2.75) is 25.5 Å². The molecule has 6 heteroatoms. The second-order valence-electron chi connectivity index (χ2n) is 3.55. The van der Waals surface area contributed by atoms with Gasteiger partial charge in [-0.3, -0.25) is 0 Å². The molecule has 0 saturated carbocycles. The summed E-state index contributed by atoms with van der Waals surface area (Å²) in [5, 5.41) is 8.92. The van der Waals surface area contributed by atoms with Crippen LogP contribution in [0.25, 0.3) is 0 Å². The minimum atomic E-state index is -3.49. The summed E-state index contributed by atoms with van der Waals surface area (Å²) >= 11 is 0. The number of methoxy groups -OCH3 is 1. The standard InChI is InChI=1S/C11H14N2O3S/c1-4-17(14,15)11-10(6-12)9(7-16-3)5-8(2)13-11/h5H,4,7H2,1-3H3. The summed E-state index contributed by atoms with van der Waals surface area (Å²) in [6.45, 7) is 3.41. The van der Waals surface area contributed by atoms with Crippen molar-refractivity contribution < 1.29 is 13.2 Å². The van der Waals surface area contributed by atoms with Crippen molar-refractivity contribution in [2.24, 2.45) is 0 Å². The molecule has 0 saturated heterocycles. The van der Waals surface area contributed by atoms with Crippen LogP contribution in [0.1, 0.15) is 23.7 Å². The van der Waals surface area contributed by atoms with Crippen molar-refractivity contribution in [3.8, 4) is 6.07 Å². The van der Waals surface area contributed by atoms with E-state index in [2.05, 4.69) is 4.98 Å². The first kappa shape index (κ1) is 13.6. The lowest BCUT2D eigenvalue weighted by atomic mass is 10.1. The molecular weight excluding hydrogens is 240 g/mol. The molecule has 0 spiro atoms. The molecule has 5 nitrogen and oxygen atoms in total. The Morgan fingerprint density at radius 2 is 2.18 bits per heavy atom. The van der Waals surface area contributed by atoms with Gasteiger partial charge < -0.3 is 4.74 Å². The molecule has 1 rings (SSSR count). The molecule has 17 heavy (non-hydrogen) atoms. The predicted octanol–water partition coefficient (Wildman–Crippen LogP) is 1.20. The summed E-state index contributed by atoms with van der Waals surface area (Å²) in [4.78, 5) is 3.96. The van der Waals surface area contributed by atoms with Crippen LogP contribution in [0.2, 0.25) is 0 Å². The van der Waals surface area contributed by atoms with E-state index >= 15 is 0 Å². The SMILES string of the molecule is CCS(=O)(=O)c1nc(C)cc(COC)c1C#N. The molecule has 0 atom stereocenters. The number of ether oxygens (including phenoxy) is 1. The lowest BCUT2D eigenvalue weighted by Gasteiger charge is -2.09. The zero-order chi connectivity index (χ0) is 13.1. The first-order chi connectivity index (χ1) is 7.96. The van der Waals surface area contributed by atoms with Gasteiger partial charge in [0.15, 0.2) is 14.9 Å². The molecule has 0 N–H and O–H groups in total. The first-order valence-electron chi connectivity index (χ1n) is 5.08. The normalized spacial score (nSPS) is 11.2. The van der Waals surface area contributed by atoms with Crippen molar-refractivity contribution in [3.63, 3.8) is 0 Å². The van der Waals surface area contributed by atoms with Crippen molar-refractivity contribution in [2.75, 3.05) is 12.9 Å². The van der Waals surface area contributed by atoms with E-state index in [1.807, 2.05) is 6.07 Å². The Kier molecular flexibility index (Phi) is 4.21. The molecular formula is C11H14N2O3S. The average Bonchev–Trinajstić information content (AvgIpc) is 2.29. The summed E-state index contributed by atoms with van der Waals surface area (Å²) in [6.07, 6.45) is 0. The minimum Gasteiger partial charge on any atom is -0.380 e. The van der Waals surface area contributed by atoms with E-state index in [1.165, 1.54) is 14.0 Å². The largest absolute Gasteiger partial charge is 0.380 e. The second kappa shape index (κ2) is 5.25. The minimum absolute atomic E-state index is 0.0788. The van der Waals surface area contributed by atoms with Gasteiger partial charge in [-0.25, -0.2) is 13.4 Å². The molecule has 1 heterocycles. The van der Waals surface area contributed by atoms with Crippen LogP contribution in [-0.2, 0) is 21.2 Å². The van der Waals surface area contributed by atoms with E-state index < -0.39 is 9.84 Å². The zero-order valence-corrected chi connectivity index (χ0v) is 10.8. The number of pyridine rings is 1. The number of aromatic nitrogens is 1. The van der Waals surface area contributed by atoms with Crippen molar-refractivity contribution in [3.05, 3.63) is 22.9 Å². The maximum atomic E-state index is 11.8. The maximum absolute atomic E-state index is 11.8. The van der Waals surface area contributed by atoms with Crippen LogP contribution in [0, 0.1) is 18.3 Å². The molecule has 0 aliphatic heterocycles. The Morgan fingerprint density at radius 3 is 2.65 bits per heavy atom. The predicted molar refractivity (Wildman–Crippen MR) is 62.1 cm³/mol. The number of hydrogen-bond acceptors (Lipinski definition) is 5. The van der Waals surface area contributed by atoms with Crippen LogP contribution >= 0.6 is 0 Å². The van der Waals surface area contributed by atoms with Gasteiger partial charge in [0, 0.05) is 18.4 Å². The van der Waals surface area contributed by atoms with Gasteiger partial charge in [0.05, 0.1) is 17.9 Å². The molecule has 0 amide bonds. The van der Waals surface area contributed by atoms with Crippen molar-refractivity contribution in [1.82, 2.24) is 4.98 Å². The van der Waals surface area contributed by atoms with E-state index in [4.69, 9.17) is 10.00 Å². The smallest absolute Gasteiger partial charge is 0.196 e. The third-order valence-corrected chi connectivity index (χ3v) is 3.93. The number of nitrogens with zero attached hydrogens (tertiary/aromatic N) is 2. The number of hydrogen-bond donors (Lipinski definition) is 0. The van der Waals surface area contributed by atoms with Crippen molar-refractivity contribution >= 4 is 9.84 Å². The van der Waals surface area contributed by atoms with Gasteiger partial charge in [0.2, 0.25) is 0 Å². The van der Waals surface area contributed by atoms with Crippen molar-refractivity contribution in [1.29, 1.82) is 5.26 Å². The van der Waals surface area contributed by atoms with Gasteiger partial charge in [0.1, 0.15) is 6.07 Å². The van der Waals surface area contributed by atoms with Crippen LogP contribution < -0.4 is 0 Å². The number of nitriles is 1. The third-order valence-electron chi connectivity index (χ3n) is 2.28. The molecule has 0 aliphatic rings. The summed E-state index contributed by atoms with van der Waals surface area (Å²) in [7, 11) is -2.00. The Morgan fingerprint density at radius 1 is 1.53 bits per heavy atom. The van der Waals surface area contributed by atoms with Gasteiger partial charge in [-0.2, -0.15) is 5.26 Å². The van der Waals surface area contributed by atoms with Gasteiger partial charge in [-0.1, -0.05) is 6.92 Å². The summed E-state index contributed by atoms with van der Waals surface area (Å²) in [5.41, 5.74) is 1.19. The van der Waals surface area contributed by atoms with Crippen LogP contribution in [0.4, 0.5) is 0 Å². The lowest BCUT2D eigenvalue weighted by Crippen LogP contribution is -2.12. The molecule has 0 aromatic carbocycles. The van der Waals surface area contributed by atoms with E-state index in [1.54, 1.807) is 13.0 Å². The number of aryl methyl sites for hydroxylation is 1. The fourth-order valence-electron chi connectivity index (χ4n) is 1.46. The molecule has 0 bridgehead atoms. The Hall–Kier alpha value is -1.45. The fourth-order valence-corrected chi connectivity index (χ4v) is 2.50. The van der Waals surface area contributed by atoms with Gasteiger partial charge in [0.25, 0.3) is 0 Å². The highest BCUT2D eigenvalue weighted by Gasteiger charge is 2.21. The molecule has 0 unspecified atom stereocenters. The Bertz CT molecular complexity index is 559. The van der Waals surface area contributed by atoms with Crippen LogP contribution in [0.3, 0.4) is 0 Å². The first-order valence-corrected chi connectivity index (χ1v) is 6.73. The highest BCUT2D eigenvalue weighted by atomic mass is 32.2. The highest BCUT2D eigenvalue weighted by molar-refractivity contribution is 7.91. The Labute approximate surface area is 101 Å². The lowest BCUT2D eigenvalue weighted by molar-refractivity contribution is 0.184. The van der Waals surface area contributed by atoms with E-state index in [0.717, 1.165) is 0 Å². The Balaban J connectivity index is 3.56. The molecule has 92 valence electrons. The molecule has 0 fully saturated rings. The quantitative estimate of drug-likeness (QED) is 0.806. The molecule has 1 aromatic heterocycles. The molecule has 0 radical (unpaired) electrons. The van der Waals surface area contributed by atoms with Crippen LogP contribution in [0.15, 0.2) is 11.1 Å². The zero-order valence-electron chi connectivity index (χ0n) is 10.0. The van der Waals surface area contributed by atoms with E-state index in [-0.39, 0.29) is 22.9 Å². The second-order valence-corrected chi connectivity index (χ2v) is 5.74. The number of sulfone groups is 1. The third kappa shape index (κ3) is 2.81. The topological polar surface area (TPSA) is 80.1 Å². The summed E-state index contributed by atoms with van der Waals surface area (Å²) < 4.78 is 28.6. The maximum Gasteiger partial charge on any atom is 0.196 e. The highest BCUT2D eigenvalue weighted by Crippen LogP contribution is 2.20. The van der Waals surface area contributed by atoms with Gasteiger partial charge in [-0.05, 0) is 13.0 Å². The van der Waals surface area contributed by atoms with E-state index in [0.29, 0.717) is 11.3 Å². The van der Waals surface area contributed by atoms with Gasteiger partial charge >= 0.3 is 0 Å². The molecule has 0 aliphatic carbocycles. The average molecular weight is 254 g/mol. The van der Waals surface area contributed by atoms with Crippen LogP contribution in [0.5, 0.6) is 0 Å². The van der Waals surface area contributed by atoms with E-state index in [9.17, 15) is 8.42 Å². The van der Waals surface area contributed by atoms with Crippen LogP contribution in [-0.4, -0.2) is 26.3 Å². The summed E-state index contributed by atoms with van der Waals surface area (Å²) in [6, 6.07) is 3.56. The monoisotopic (exact) mass is 254 g/mol. The number of rotatable bonds is 4.